The second kappa shape index (κ2) is 2.91. The maximum absolute atomic E-state index is 5.29. The van der Waals surface area contributed by atoms with Crippen LogP contribution < -0.4 is 11.5 Å². The summed E-state index contributed by atoms with van der Waals surface area (Å²) in [5.41, 5.74) is 11.3. The minimum Gasteiger partial charge on any atom is -0.398 e. The molecule has 2 heteroatoms. The number of allylic oxidation sites excluding steroid dienone is 2. The Morgan fingerprint density at radius 3 is 2.00 bits per heavy atom. The highest BCUT2D eigenvalue weighted by Gasteiger charge is 1.83. The molecule has 0 heterocycles. The lowest BCUT2D eigenvalue weighted by Crippen LogP contribution is -2.06. The van der Waals surface area contributed by atoms with Gasteiger partial charge < -0.3 is 11.5 Å². The largest absolute Gasteiger partial charge is 0.398 e. The Morgan fingerprint density at radius 2 is 1.88 bits per heavy atom. The predicted molar refractivity (Wildman–Crippen MR) is 35.8 cm³/mol. The van der Waals surface area contributed by atoms with Crippen molar-refractivity contribution >= 4 is 0 Å². The molecule has 0 saturated heterocycles. The summed E-state index contributed by atoms with van der Waals surface area (Å²) >= 11 is 0. The van der Waals surface area contributed by atoms with E-state index in [-0.39, 0.29) is 0 Å². The molecular weight excluding hydrogens is 100 g/mol. The normalized spacial score (nSPS) is 10.8. The lowest BCUT2D eigenvalue weighted by Gasteiger charge is -1.93. The van der Waals surface area contributed by atoms with Gasteiger partial charge in [-0.3, -0.25) is 0 Å². The Labute approximate surface area is 49.2 Å². The fraction of sp³-hybridized carbons (Fsp3) is 0. The zero-order chi connectivity index (χ0) is 6.57. The number of hydrogen-bond acceptors (Lipinski definition) is 2. The lowest BCUT2D eigenvalue weighted by atomic mass is 10.3. The number of hydrogen-bond donors (Lipinski definition) is 2. The molecule has 0 aliphatic heterocycles. The molecule has 0 bridgehead atoms. The molecule has 0 aliphatic carbocycles. The topological polar surface area (TPSA) is 52.0 Å². The van der Waals surface area contributed by atoms with Gasteiger partial charge in [-0.15, -0.1) is 0 Å². The maximum Gasteiger partial charge on any atom is 0.0541 e. The minimum absolute atomic E-state index is 0.380. The molecule has 2 nitrogen and oxygen atoms in total. The Kier molecular flexibility index (Phi) is 2.48. The van der Waals surface area contributed by atoms with Crippen LogP contribution in [0.4, 0.5) is 0 Å². The van der Waals surface area contributed by atoms with Gasteiger partial charge >= 0.3 is 0 Å². The molecule has 0 atom stereocenters. The second-order valence-corrected chi connectivity index (χ2v) is 1.38. The maximum atomic E-state index is 5.29. The molecule has 44 valence electrons. The summed E-state index contributed by atoms with van der Waals surface area (Å²) in [6.45, 7) is 6.84. The van der Waals surface area contributed by atoms with Gasteiger partial charge in [-0.25, -0.2) is 0 Å². The van der Waals surface area contributed by atoms with Crippen LogP contribution in [0.2, 0.25) is 0 Å². The van der Waals surface area contributed by atoms with E-state index in [1.807, 2.05) is 0 Å². The molecule has 0 aromatic rings. The predicted octanol–water partition coefficient (Wildman–Crippen LogP) is 0.487. The summed E-state index contributed by atoms with van der Waals surface area (Å²) in [5, 5.41) is 0. The van der Waals surface area contributed by atoms with Gasteiger partial charge in [0.1, 0.15) is 0 Å². The van der Waals surface area contributed by atoms with Crippen LogP contribution in [0.1, 0.15) is 0 Å². The van der Waals surface area contributed by atoms with Crippen molar-refractivity contribution in [3.63, 3.8) is 0 Å². The van der Waals surface area contributed by atoms with Crippen LogP contribution in [0.5, 0.6) is 0 Å². The molecular formula is C6H10N2. The fourth-order valence-electron chi connectivity index (χ4n) is 0.234. The van der Waals surface area contributed by atoms with Crippen LogP contribution >= 0.6 is 0 Å². The van der Waals surface area contributed by atoms with Gasteiger partial charge in [-0.05, 0) is 6.08 Å². The third-order valence-corrected chi connectivity index (χ3v) is 0.668. The van der Waals surface area contributed by atoms with Gasteiger partial charge in [0.15, 0.2) is 0 Å². The van der Waals surface area contributed by atoms with E-state index < -0.39 is 0 Å². The van der Waals surface area contributed by atoms with E-state index in [0.29, 0.717) is 11.4 Å². The van der Waals surface area contributed by atoms with Crippen molar-refractivity contribution in [2.24, 2.45) is 11.5 Å². The van der Waals surface area contributed by atoms with Crippen molar-refractivity contribution in [1.82, 2.24) is 0 Å². The third kappa shape index (κ3) is 2.08. The molecule has 0 aliphatic rings. The molecule has 8 heavy (non-hydrogen) atoms. The molecule has 4 N–H and O–H groups in total. The highest BCUT2D eigenvalue weighted by atomic mass is 14.7. The Balaban J connectivity index is 3.99. The van der Waals surface area contributed by atoms with Gasteiger partial charge in [-0.2, -0.15) is 0 Å². The Morgan fingerprint density at radius 1 is 1.38 bits per heavy atom. The van der Waals surface area contributed by atoms with Crippen LogP contribution in [0, 0.1) is 0 Å². The highest BCUT2D eigenvalue weighted by Crippen LogP contribution is 1.89. The van der Waals surface area contributed by atoms with Crippen molar-refractivity contribution < 1.29 is 0 Å². The summed E-state index contributed by atoms with van der Waals surface area (Å²) in [4.78, 5) is 0. The summed E-state index contributed by atoms with van der Waals surface area (Å²) in [6, 6.07) is 0. The number of nitrogens with two attached hydrogens (primary N) is 2. The quantitative estimate of drug-likeness (QED) is 0.508. The Bertz CT molecular complexity index is 133. The second-order valence-electron chi connectivity index (χ2n) is 1.38. The lowest BCUT2D eigenvalue weighted by molar-refractivity contribution is 1.26. The van der Waals surface area contributed by atoms with E-state index in [1.54, 1.807) is 12.2 Å². The van der Waals surface area contributed by atoms with E-state index in [9.17, 15) is 0 Å². The van der Waals surface area contributed by atoms with Crippen LogP contribution in [0.25, 0.3) is 0 Å². The first-order chi connectivity index (χ1) is 3.68. The van der Waals surface area contributed by atoms with E-state index in [2.05, 4.69) is 13.2 Å². The smallest absolute Gasteiger partial charge is 0.0541 e. The van der Waals surface area contributed by atoms with E-state index in [4.69, 9.17) is 11.5 Å². The van der Waals surface area contributed by atoms with Gasteiger partial charge in [-0.1, -0.05) is 19.2 Å². The summed E-state index contributed by atoms with van der Waals surface area (Å²) in [7, 11) is 0. The van der Waals surface area contributed by atoms with E-state index in [1.165, 1.54) is 0 Å². The van der Waals surface area contributed by atoms with E-state index >= 15 is 0 Å². The van der Waals surface area contributed by atoms with Gasteiger partial charge in [0.2, 0.25) is 0 Å². The molecule has 0 fully saturated rings. The van der Waals surface area contributed by atoms with Gasteiger partial charge in [0, 0.05) is 5.70 Å². The van der Waals surface area contributed by atoms with Crippen LogP contribution in [-0.2, 0) is 0 Å². The number of rotatable bonds is 2. The first kappa shape index (κ1) is 6.82. The average Bonchev–Trinajstić information content (AvgIpc) is 1.67. The van der Waals surface area contributed by atoms with E-state index in [0.717, 1.165) is 0 Å². The third-order valence-electron chi connectivity index (χ3n) is 0.668. The van der Waals surface area contributed by atoms with Gasteiger partial charge in [0.25, 0.3) is 0 Å². The fourth-order valence-corrected chi connectivity index (χ4v) is 0.234. The molecule has 0 radical (unpaired) electrons. The van der Waals surface area contributed by atoms with Crippen LogP contribution in [-0.4, -0.2) is 0 Å². The van der Waals surface area contributed by atoms with Crippen LogP contribution in [0.3, 0.4) is 0 Å². The van der Waals surface area contributed by atoms with Crippen molar-refractivity contribution in [2.45, 2.75) is 0 Å². The molecule has 0 aromatic carbocycles. The highest BCUT2D eigenvalue weighted by molar-refractivity contribution is 5.24. The minimum atomic E-state index is 0.380. The zero-order valence-corrected chi connectivity index (χ0v) is 4.72. The molecule has 0 amide bonds. The van der Waals surface area contributed by atoms with Crippen molar-refractivity contribution in [1.29, 1.82) is 0 Å². The first-order valence-corrected chi connectivity index (χ1v) is 2.21. The monoisotopic (exact) mass is 110 g/mol. The summed E-state index contributed by atoms with van der Waals surface area (Å²) < 4.78 is 0. The first-order valence-electron chi connectivity index (χ1n) is 2.21. The SMILES string of the molecule is C=C/C=C(/N)C(=C)N. The van der Waals surface area contributed by atoms with Crippen molar-refractivity contribution in [3.05, 3.63) is 36.7 Å². The molecule has 0 spiro atoms. The van der Waals surface area contributed by atoms with Crippen molar-refractivity contribution in [3.8, 4) is 0 Å². The molecule has 0 saturated carbocycles. The van der Waals surface area contributed by atoms with Crippen LogP contribution in [0.15, 0.2) is 36.7 Å². The van der Waals surface area contributed by atoms with Crippen molar-refractivity contribution in [2.75, 3.05) is 0 Å². The zero-order valence-electron chi connectivity index (χ0n) is 4.72. The van der Waals surface area contributed by atoms with Gasteiger partial charge in [0.05, 0.1) is 5.70 Å². The Hall–Kier alpha value is -1.18. The standard InChI is InChI=1S/C6H10N2/c1-3-4-6(8)5(2)7/h3-4H,1-2,7-8H2/b6-4+. The molecule has 0 aromatic heterocycles. The summed E-state index contributed by atoms with van der Waals surface area (Å²) in [6.07, 6.45) is 3.16. The summed E-state index contributed by atoms with van der Waals surface area (Å²) in [5.74, 6) is 0. The average molecular weight is 110 g/mol. The molecule has 0 rings (SSSR count). The molecule has 0 unspecified atom stereocenters.